The molecule has 2 rings (SSSR count). The molecule has 3 N–H and O–H groups in total. The first kappa shape index (κ1) is 13.9. The summed E-state index contributed by atoms with van der Waals surface area (Å²) in [5.74, 6) is 1.00. The molecule has 0 aliphatic heterocycles. The van der Waals surface area contributed by atoms with E-state index in [-0.39, 0.29) is 18.0 Å². The number of fused-ring (bicyclic) bond motifs is 1. The molecule has 19 heavy (non-hydrogen) atoms. The number of nitrogens with two attached hydrogens (primary N) is 1. The van der Waals surface area contributed by atoms with Crippen molar-refractivity contribution in [1.82, 2.24) is 5.32 Å². The van der Waals surface area contributed by atoms with Crippen LogP contribution in [0.4, 0.5) is 0 Å². The molecule has 0 radical (unpaired) electrons. The van der Waals surface area contributed by atoms with E-state index in [1.54, 1.807) is 7.11 Å². The number of hydrogen-bond acceptors (Lipinski definition) is 3. The second-order valence-electron chi connectivity index (χ2n) is 5.20. The lowest BCUT2D eigenvalue weighted by molar-refractivity contribution is -0.122. The summed E-state index contributed by atoms with van der Waals surface area (Å²) in [7, 11) is 1.68. The van der Waals surface area contributed by atoms with E-state index in [9.17, 15) is 4.79 Å². The maximum absolute atomic E-state index is 11.9. The highest BCUT2D eigenvalue weighted by Crippen LogP contribution is 2.36. The van der Waals surface area contributed by atoms with E-state index in [0.717, 1.165) is 25.0 Å². The average molecular weight is 262 g/mol. The van der Waals surface area contributed by atoms with Gasteiger partial charge in [0.25, 0.3) is 0 Å². The zero-order valence-electron chi connectivity index (χ0n) is 11.6. The Bertz CT molecular complexity index is 457. The lowest BCUT2D eigenvalue weighted by Crippen LogP contribution is -2.28. The Kier molecular flexibility index (Phi) is 4.43. The van der Waals surface area contributed by atoms with Crippen molar-refractivity contribution in [2.75, 3.05) is 7.11 Å². The predicted molar refractivity (Wildman–Crippen MR) is 75.1 cm³/mol. The zero-order chi connectivity index (χ0) is 13.8. The van der Waals surface area contributed by atoms with Gasteiger partial charge in [-0.3, -0.25) is 4.79 Å². The van der Waals surface area contributed by atoms with Gasteiger partial charge in [0.15, 0.2) is 0 Å². The molecule has 2 unspecified atom stereocenters. The van der Waals surface area contributed by atoms with E-state index in [4.69, 9.17) is 10.5 Å². The van der Waals surface area contributed by atoms with Gasteiger partial charge in [-0.05, 0) is 43.4 Å². The summed E-state index contributed by atoms with van der Waals surface area (Å²) < 4.78 is 5.36. The van der Waals surface area contributed by atoms with Crippen molar-refractivity contribution in [1.29, 1.82) is 0 Å². The Morgan fingerprint density at radius 1 is 1.58 bits per heavy atom. The molecule has 4 heteroatoms. The van der Waals surface area contributed by atoms with Crippen molar-refractivity contribution in [3.8, 4) is 5.75 Å². The molecular weight excluding hydrogens is 240 g/mol. The number of carbonyl (C=O) groups excluding carboxylic acids is 1. The van der Waals surface area contributed by atoms with Crippen LogP contribution < -0.4 is 15.8 Å². The van der Waals surface area contributed by atoms with Crippen molar-refractivity contribution in [3.05, 3.63) is 29.3 Å². The minimum Gasteiger partial charge on any atom is -0.496 e. The number of nitrogens with one attached hydrogen (secondary N) is 1. The molecule has 2 atom stereocenters. The molecule has 1 aromatic carbocycles. The first-order chi connectivity index (χ1) is 9.11. The van der Waals surface area contributed by atoms with Gasteiger partial charge in [0.05, 0.1) is 13.2 Å². The summed E-state index contributed by atoms with van der Waals surface area (Å²) in [6.07, 6.45) is 3.12. The number of amides is 1. The van der Waals surface area contributed by atoms with Crippen LogP contribution in [0.3, 0.4) is 0 Å². The Morgan fingerprint density at radius 3 is 3.05 bits per heavy atom. The third-order valence-electron chi connectivity index (χ3n) is 3.61. The van der Waals surface area contributed by atoms with Gasteiger partial charge in [0, 0.05) is 12.5 Å². The molecule has 0 saturated heterocycles. The Balaban J connectivity index is 2.01. The minimum atomic E-state index is 0.0710. The van der Waals surface area contributed by atoms with Crippen molar-refractivity contribution >= 4 is 5.91 Å². The first-order valence-electron chi connectivity index (χ1n) is 6.82. The Labute approximate surface area is 114 Å². The molecule has 0 bridgehead atoms. The predicted octanol–water partition coefficient (Wildman–Crippen LogP) is 1.93. The SMILES string of the molecule is COc1cccc2c1CCC2NC(=O)CCC(C)N. The van der Waals surface area contributed by atoms with Crippen LogP contribution in [0.5, 0.6) is 5.75 Å². The fourth-order valence-electron chi connectivity index (χ4n) is 2.59. The molecule has 0 saturated carbocycles. The summed E-state index contributed by atoms with van der Waals surface area (Å²) in [5, 5.41) is 3.09. The van der Waals surface area contributed by atoms with Gasteiger partial charge in [-0.25, -0.2) is 0 Å². The normalized spacial score (nSPS) is 18.8. The van der Waals surface area contributed by atoms with Crippen LogP contribution in [0.15, 0.2) is 18.2 Å². The summed E-state index contributed by atoms with van der Waals surface area (Å²) in [5.41, 5.74) is 8.08. The van der Waals surface area contributed by atoms with Crippen molar-refractivity contribution in [3.63, 3.8) is 0 Å². The summed E-state index contributed by atoms with van der Waals surface area (Å²) in [4.78, 5) is 11.9. The number of methoxy groups -OCH3 is 1. The Hall–Kier alpha value is -1.55. The van der Waals surface area contributed by atoms with Gasteiger partial charge >= 0.3 is 0 Å². The summed E-state index contributed by atoms with van der Waals surface area (Å²) >= 11 is 0. The summed E-state index contributed by atoms with van der Waals surface area (Å²) in [6.45, 7) is 1.92. The highest BCUT2D eigenvalue weighted by Gasteiger charge is 2.26. The van der Waals surface area contributed by atoms with E-state index in [1.165, 1.54) is 11.1 Å². The Morgan fingerprint density at radius 2 is 2.37 bits per heavy atom. The number of hydrogen-bond donors (Lipinski definition) is 2. The maximum atomic E-state index is 11.9. The van der Waals surface area contributed by atoms with Crippen LogP contribution in [0.2, 0.25) is 0 Å². The van der Waals surface area contributed by atoms with Crippen molar-refractivity contribution in [2.45, 2.75) is 44.7 Å². The third kappa shape index (κ3) is 3.26. The smallest absolute Gasteiger partial charge is 0.220 e. The first-order valence-corrected chi connectivity index (χ1v) is 6.82. The van der Waals surface area contributed by atoms with Crippen LogP contribution in [0.25, 0.3) is 0 Å². The van der Waals surface area contributed by atoms with E-state index in [1.807, 2.05) is 19.1 Å². The van der Waals surface area contributed by atoms with Crippen LogP contribution >= 0.6 is 0 Å². The maximum Gasteiger partial charge on any atom is 0.220 e. The van der Waals surface area contributed by atoms with Crippen LogP contribution in [-0.4, -0.2) is 19.1 Å². The zero-order valence-corrected chi connectivity index (χ0v) is 11.6. The van der Waals surface area contributed by atoms with Gasteiger partial charge in [-0.2, -0.15) is 0 Å². The summed E-state index contributed by atoms with van der Waals surface area (Å²) in [6, 6.07) is 6.21. The second-order valence-corrected chi connectivity index (χ2v) is 5.20. The highest BCUT2D eigenvalue weighted by atomic mass is 16.5. The lowest BCUT2D eigenvalue weighted by atomic mass is 10.1. The fraction of sp³-hybridized carbons (Fsp3) is 0.533. The van der Waals surface area contributed by atoms with Crippen LogP contribution in [0.1, 0.15) is 43.4 Å². The fourth-order valence-corrected chi connectivity index (χ4v) is 2.59. The van der Waals surface area contributed by atoms with Crippen LogP contribution in [-0.2, 0) is 11.2 Å². The molecule has 1 aliphatic carbocycles. The van der Waals surface area contributed by atoms with Crippen LogP contribution in [0, 0.1) is 0 Å². The molecule has 1 amide bonds. The van der Waals surface area contributed by atoms with Crippen molar-refractivity contribution < 1.29 is 9.53 Å². The van der Waals surface area contributed by atoms with E-state index in [2.05, 4.69) is 11.4 Å². The number of carbonyl (C=O) groups is 1. The van der Waals surface area contributed by atoms with E-state index < -0.39 is 0 Å². The highest BCUT2D eigenvalue weighted by molar-refractivity contribution is 5.76. The second kappa shape index (κ2) is 6.06. The molecule has 0 heterocycles. The van der Waals surface area contributed by atoms with Gasteiger partial charge in [-0.15, -0.1) is 0 Å². The monoisotopic (exact) mass is 262 g/mol. The molecule has 1 aromatic rings. The minimum absolute atomic E-state index is 0.0710. The molecule has 104 valence electrons. The molecule has 4 nitrogen and oxygen atoms in total. The third-order valence-corrected chi connectivity index (χ3v) is 3.61. The molecular formula is C15H22N2O2. The van der Waals surface area contributed by atoms with Crippen molar-refractivity contribution in [2.24, 2.45) is 5.73 Å². The van der Waals surface area contributed by atoms with Gasteiger partial charge in [0.2, 0.25) is 5.91 Å². The molecule has 0 spiro atoms. The number of ether oxygens (including phenoxy) is 1. The quantitative estimate of drug-likeness (QED) is 0.852. The lowest BCUT2D eigenvalue weighted by Gasteiger charge is -2.15. The van der Waals surface area contributed by atoms with E-state index in [0.29, 0.717) is 6.42 Å². The van der Waals surface area contributed by atoms with Gasteiger partial charge in [-0.1, -0.05) is 12.1 Å². The molecule has 0 fully saturated rings. The van der Waals surface area contributed by atoms with Gasteiger partial charge in [0.1, 0.15) is 5.75 Å². The molecule has 0 aromatic heterocycles. The number of benzene rings is 1. The van der Waals surface area contributed by atoms with E-state index >= 15 is 0 Å². The largest absolute Gasteiger partial charge is 0.496 e. The average Bonchev–Trinajstić information content (AvgIpc) is 2.79. The molecule has 1 aliphatic rings. The number of rotatable bonds is 5. The topological polar surface area (TPSA) is 64.3 Å². The van der Waals surface area contributed by atoms with Gasteiger partial charge < -0.3 is 15.8 Å². The standard InChI is InChI=1S/C15H22N2O2/c1-10(16)6-9-15(18)17-13-8-7-12-11(13)4-3-5-14(12)19-2/h3-5,10,13H,6-9,16H2,1-2H3,(H,17,18).